The molecule has 3 aromatic rings. The van der Waals surface area contributed by atoms with E-state index in [0.29, 0.717) is 81.8 Å². The maximum atomic E-state index is 14.2. The zero-order chi connectivity index (χ0) is 39.9. The van der Waals surface area contributed by atoms with Gasteiger partial charge in [0.25, 0.3) is 11.8 Å². The number of carbonyl (C=O) groups is 5. The number of carbonyl (C=O) groups excluding carboxylic acids is 5. The highest BCUT2D eigenvalue weighted by Crippen LogP contribution is 2.28. The molecule has 56 heavy (non-hydrogen) atoms. The molecular weight excluding hydrogens is 713 g/mol. The second-order valence-electron chi connectivity index (χ2n) is 14.8. The summed E-state index contributed by atoms with van der Waals surface area (Å²) in [5, 5.41) is 15.3. The van der Waals surface area contributed by atoms with Crippen LogP contribution in [0.5, 0.6) is 11.5 Å². The van der Waals surface area contributed by atoms with Crippen molar-refractivity contribution in [3.8, 4) is 11.5 Å². The van der Waals surface area contributed by atoms with E-state index >= 15 is 0 Å². The van der Waals surface area contributed by atoms with E-state index < -0.39 is 24.0 Å². The summed E-state index contributed by atoms with van der Waals surface area (Å²) in [5.41, 5.74) is 2.45. The Hall–Kier alpha value is -5.43. The molecule has 2 bridgehead atoms. The van der Waals surface area contributed by atoms with Gasteiger partial charge in [0.2, 0.25) is 17.7 Å². The number of fused-ring (bicyclic) bond motifs is 2. The van der Waals surface area contributed by atoms with Crippen molar-refractivity contribution in [3.63, 3.8) is 0 Å². The molecule has 0 radical (unpaired) electrons. The molecule has 2 aliphatic rings. The summed E-state index contributed by atoms with van der Waals surface area (Å²) >= 11 is 0. The molecule has 13 heteroatoms. The van der Waals surface area contributed by atoms with Crippen LogP contribution in [0.15, 0.2) is 78.9 Å². The van der Waals surface area contributed by atoms with Crippen molar-refractivity contribution in [2.24, 2.45) is 5.92 Å². The molecule has 3 atom stereocenters. The maximum absolute atomic E-state index is 14.2. The lowest BCUT2D eigenvalue weighted by Crippen LogP contribution is -2.59. The van der Waals surface area contributed by atoms with Crippen molar-refractivity contribution < 1.29 is 33.4 Å². The van der Waals surface area contributed by atoms with Gasteiger partial charge in [-0.3, -0.25) is 24.0 Å². The van der Waals surface area contributed by atoms with Crippen molar-refractivity contribution in [2.45, 2.75) is 83.0 Å². The van der Waals surface area contributed by atoms with Gasteiger partial charge in [-0.2, -0.15) is 0 Å². The zero-order valence-corrected chi connectivity index (χ0v) is 32.7. The lowest BCUT2D eigenvalue weighted by Gasteiger charge is -2.35. The Morgan fingerprint density at radius 1 is 0.839 bits per heavy atom. The lowest BCUT2D eigenvalue weighted by atomic mass is 9.99. The Labute approximate surface area is 329 Å². The van der Waals surface area contributed by atoms with Gasteiger partial charge in [0.1, 0.15) is 12.1 Å². The average Bonchev–Trinajstić information content (AvgIpc) is 3.21. The molecule has 0 unspecified atom stereocenters. The number of methoxy groups -OCH3 is 1. The fourth-order valence-electron chi connectivity index (χ4n) is 7.04. The van der Waals surface area contributed by atoms with Crippen LogP contribution in [0.3, 0.4) is 0 Å². The number of aryl methyl sites for hydroxylation is 1. The highest BCUT2D eigenvalue weighted by molar-refractivity contribution is 5.94. The second-order valence-corrected chi connectivity index (χ2v) is 14.8. The van der Waals surface area contributed by atoms with Gasteiger partial charge in [-0.1, -0.05) is 68.4 Å². The van der Waals surface area contributed by atoms with E-state index in [4.69, 9.17) is 9.47 Å². The largest absolute Gasteiger partial charge is 0.493 e. The highest BCUT2D eigenvalue weighted by atomic mass is 16.5. The average molecular weight is 769 g/mol. The molecule has 1 fully saturated rings. The molecule has 2 heterocycles. The maximum Gasteiger partial charge on any atom is 0.257 e. The predicted molar refractivity (Wildman–Crippen MR) is 213 cm³/mol. The second kappa shape index (κ2) is 21.0. The van der Waals surface area contributed by atoms with Gasteiger partial charge >= 0.3 is 0 Å². The third-order valence-electron chi connectivity index (χ3n) is 10.2. The summed E-state index contributed by atoms with van der Waals surface area (Å²) in [6.45, 7) is 5.26. The van der Waals surface area contributed by atoms with E-state index in [9.17, 15) is 24.0 Å². The van der Waals surface area contributed by atoms with E-state index in [1.165, 1.54) is 7.11 Å². The quantitative estimate of drug-likeness (QED) is 0.245. The van der Waals surface area contributed by atoms with Crippen molar-refractivity contribution in [1.82, 2.24) is 31.5 Å². The molecule has 300 valence electrons. The van der Waals surface area contributed by atoms with Gasteiger partial charge in [-0.15, -0.1) is 0 Å². The third kappa shape index (κ3) is 12.3. The summed E-state index contributed by atoms with van der Waals surface area (Å²) in [7, 11) is 1.54. The van der Waals surface area contributed by atoms with Crippen LogP contribution in [0.2, 0.25) is 0 Å². The van der Waals surface area contributed by atoms with Crippen LogP contribution in [0, 0.1) is 5.92 Å². The van der Waals surface area contributed by atoms with Crippen molar-refractivity contribution in [3.05, 3.63) is 95.6 Å². The molecule has 0 spiro atoms. The standard InChI is InChI=1S/C43H56N6O7/c1-29(2)39-42(53)45-23-10-14-31-18-19-36(55-3)37(27-31)56-28-38(50)44-22-11-17-34(40(51)47-35(41(52)48-39)26-30-12-6-4-7-13-30)46-33-20-24-49(25-21-33)43(54)32-15-8-5-9-16-32/h4-9,12-13,15-16,18-19,27,29,33-35,39,46H,10-11,14,17,20-26,28H2,1-3H3,(H,44,50)(H,45,53)(H,47,51)(H,48,52)/t34-,35-,39+/m0/s1. The first kappa shape index (κ1) is 41.7. The number of rotatable bonds is 7. The number of nitrogens with one attached hydrogen (secondary N) is 5. The molecule has 1 saturated heterocycles. The topological polar surface area (TPSA) is 167 Å². The molecular formula is C43H56N6O7. The van der Waals surface area contributed by atoms with Crippen LogP contribution in [-0.4, -0.2) is 98.5 Å². The van der Waals surface area contributed by atoms with Crippen LogP contribution >= 0.6 is 0 Å². The van der Waals surface area contributed by atoms with Crippen LogP contribution in [-0.2, 0) is 32.0 Å². The summed E-state index contributed by atoms with van der Waals surface area (Å²) in [6, 6.07) is 21.6. The fraction of sp³-hybridized carbons (Fsp3) is 0.465. The molecule has 13 nitrogen and oxygen atoms in total. The number of benzene rings is 3. The molecule has 5 N–H and O–H groups in total. The predicted octanol–water partition coefficient (Wildman–Crippen LogP) is 3.16. The van der Waals surface area contributed by atoms with Crippen molar-refractivity contribution in [1.29, 1.82) is 0 Å². The zero-order valence-electron chi connectivity index (χ0n) is 32.7. The van der Waals surface area contributed by atoms with Crippen LogP contribution in [0.25, 0.3) is 0 Å². The number of piperidine rings is 1. The molecule has 5 amide bonds. The molecule has 3 aromatic carbocycles. The van der Waals surface area contributed by atoms with Gasteiger partial charge in [-0.25, -0.2) is 0 Å². The van der Waals surface area contributed by atoms with Crippen molar-refractivity contribution in [2.75, 3.05) is 39.9 Å². The van der Waals surface area contributed by atoms with Crippen LogP contribution in [0.1, 0.15) is 67.4 Å². The number of hydrogen-bond acceptors (Lipinski definition) is 8. The monoisotopic (exact) mass is 768 g/mol. The minimum atomic E-state index is -0.965. The molecule has 0 aliphatic carbocycles. The van der Waals surface area contributed by atoms with E-state index in [2.05, 4.69) is 26.6 Å². The third-order valence-corrected chi connectivity index (χ3v) is 10.2. The molecule has 0 saturated carbocycles. The highest BCUT2D eigenvalue weighted by Gasteiger charge is 2.32. The van der Waals surface area contributed by atoms with Gasteiger partial charge in [-0.05, 0) is 79.8 Å². The molecule has 5 rings (SSSR count). The van der Waals surface area contributed by atoms with E-state index in [0.717, 1.165) is 11.1 Å². The van der Waals surface area contributed by atoms with Gasteiger partial charge in [0.15, 0.2) is 18.1 Å². The van der Waals surface area contributed by atoms with Gasteiger partial charge in [0, 0.05) is 44.2 Å². The summed E-state index contributed by atoms with van der Waals surface area (Å²) in [6.07, 6.45) is 3.59. The summed E-state index contributed by atoms with van der Waals surface area (Å²) < 4.78 is 11.3. The Bertz CT molecular complexity index is 1760. The smallest absolute Gasteiger partial charge is 0.257 e. The number of nitrogens with zero attached hydrogens (tertiary/aromatic N) is 1. The summed E-state index contributed by atoms with van der Waals surface area (Å²) in [4.78, 5) is 69.5. The Morgan fingerprint density at radius 3 is 2.23 bits per heavy atom. The van der Waals surface area contributed by atoms with Gasteiger partial charge in [0.05, 0.1) is 13.2 Å². The van der Waals surface area contributed by atoms with Gasteiger partial charge < -0.3 is 41.0 Å². The van der Waals surface area contributed by atoms with E-state index in [1.54, 1.807) is 6.07 Å². The number of likely N-dealkylation sites (tertiary alicyclic amines) is 1. The van der Waals surface area contributed by atoms with E-state index in [-0.39, 0.29) is 48.6 Å². The normalized spacial score (nSPS) is 21.3. The minimum absolute atomic E-state index is 0.0236. The lowest BCUT2D eigenvalue weighted by molar-refractivity contribution is -0.133. The Morgan fingerprint density at radius 2 is 1.54 bits per heavy atom. The molecule has 2 aliphatic heterocycles. The van der Waals surface area contributed by atoms with Crippen LogP contribution < -0.4 is 36.1 Å². The number of ether oxygens (including phenoxy) is 2. The van der Waals surface area contributed by atoms with Crippen LogP contribution in [0.4, 0.5) is 0 Å². The summed E-state index contributed by atoms with van der Waals surface area (Å²) in [5.74, 6) is -0.738. The first-order valence-electron chi connectivity index (χ1n) is 19.7. The minimum Gasteiger partial charge on any atom is -0.493 e. The Balaban J connectivity index is 1.34. The number of amides is 5. The first-order chi connectivity index (χ1) is 27.1. The first-order valence-corrected chi connectivity index (χ1v) is 19.7. The number of hydrogen-bond donors (Lipinski definition) is 5. The van der Waals surface area contributed by atoms with E-state index in [1.807, 2.05) is 91.5 Å². The SMILES string of the molecule is COc1ccc2cc1OCC(=O)NCCC[C@H](NC1CCN(C(=O)c3ccccc3)CC1)C(=O)N[C@@H](Cc1ccccc1)C(=O)N[C@H](C(C)C)C(=O)NCCC2. The Kier molecular flexibility index (Phi) is 15.7. The van der Waals surface area contributed by atoms with Crippen molar-refractivity contribution >= 4 is 29.5 Å². The molecule has 0 aromatic heterocycles. The fourth-order valence-corrected chi connectivity index (χ4v) is 7.04.